The monoisotopic (exact) mass is 377 g/mol. The summed E-state index contributed by atoms with van der Waals surface area (Å²) in [7, 11) is 0. The van der Waals surface area contributed by atoms with Crippen LogP contribution in [0, 0.1) is 11.8 Å². The van der Waals surface area contributed by atoms with E-state index in [1.54, 1.807) is 6.33 Å². The van der Waals surface area contributed by atoms with E-state index in [0.29, 0.717) is 5.92 Å². The van der Waals surface area contributed by atoms with Gasteiger partial charge in [-0.1, -0.05) is 27.7 Å². The number of guanidine groups is 1. The molecule has 0 radical (unpaired) electrons. The van der Waals surface area contributed by atoms with Crippen LogP contribution in [0.25, 0.3) is 0 Å². The predicted octanol–water partition coefficient (Wildman–Crippen LogP) is 2.15. The van der Waals surface area contributed by atoms with E-state index in [4.69, 9.17) is 4.99 Å². The van der Waals surface area contributed by atoms with Gasteiger partial charge in [-0.2, -0.15) is 0 Å². The van der Waals surface area contributed by atoms with Crippen LogP contribution >= 0.6 is 0 Å². The molecule has 1 aliphatic heterocycles. The zero-order chi connectivity index (χ0) is 19.5. The summed E-state index contributed by atoms with van der Waals surface area (Å²) in [5.41, 5.74) is 0. The van der Waals surface area contributed by atoms with Crippen molar-refractivity contribution in [1.82, 2.24) is 30.3 Å². The molecule has 1 aromatic heterocycles. The first-order valence-corrected chi connectivity index (χ1v) is 10.7. The molecule has 1 fully saturated rings. The summed E-state index contributed by atoms with van der Waals surface area (Å²) >= 11 is 0. The SMILES string of the molecule is CCc1nncn1CCNC(=NCC(C)C)NCCCN1CCC(C)CC1. The molecule has 0 amide bonds. The molecular weight excluding hydrogens is 338 g/mol. The highest BCUT2D eigenvalue weighted by molar-refractivity contribution is 5.79. The van der Waals surface area contributed by atoms with E-state index in [9.17, 15) is 0 Å². The quantitative estimate of drug-likeness (QED) is 0.371. The molecule has 0 bridgehead atoms. The summed E-state index contributed by atoms with van der Waals surface area (Å²) in [6.45, 7) is 16.0. The minimum absolute atomic E-state index is 0.559. The maximum atomic E-state index is 4.72. The smallest absolute Gasteiger partial charge is 0.191 e. The summed E-state index contributed by atoms with van der Waals surface area (Å²) in [4.78, 5) is 7.31. The van der Waals surface area contributed by atoms with Crippen LogP contribution < -0.4 is 10.6 Å². The Morgan fingerprint density at radius 2 is 1.96 bits per heavy atom. The summed E-state index contributed by atoms with van der Waals surface area (Å²) in [5, 5.41) is 15.1. The van der Waals surface area contributed by atoms with Gasteiger partial charge in [0.05, 0.1) is 0 Å². The molecule has 0 spiro atoms. The van der Waals surface area contributed by atoms with Crippen molar-refractivity contribution < 1.29 is 0 Å². The number of hydrogen-bond donors (Lipinski definition) is 2. The number of rotatable bonds is 10. The van der Waals surface area contributed by atoms with Gasteiger partial charge in [-0.15, -0.1) is 10.2 Å². The lowest BCUT2D eigenvalue weighted by Gasteiger charge is -2.30. The van der Waals surface area contributed by atoms with Gasteiger partial charge in [-0.3, -0.25) is 4.99 Å². The van der Waals surface area contributed by atoms with E-state index in [1.807, 2.05) is 0 Å². The third kappa shape index (κ3) is 8.28. The lowest BCUT2D eigenvalue weighted by atomic mass is 9.99. The van der Waals surface area contributed by atoms with Crippen LogP contribution in [-0.4, -0.2) is 64.9 Å². The van der Waals surface area contributed by atoms with E-state index in [-0.39, 0.29) is 0 Å². The van der Waals surface area contributed by atoms with Crippen molar-refractivity contribution in [3.8, 4) is 0 Å². The van der Waals surface area contributed by atoms with Crippen LogP contribution in [0.2, 0.25) is 0 Å². The molecule has 0 atom stereocenters. The van der Waals surface area contributed by atoms with E-state index in [2.05, 4.69) is 58.0 Å². The molecule has 0 aliphatic carbocycles. The van der Waals surface area contributed by atoms with Crippen molar-refractivity contribution >= 4 is 5.96 Å². The largest absolute Gasteiger partial charge is 0.356 e. The first-order valence-electron chi connectivity index (χ1n) is 10.7. The van der Waals surface area contributed by atoms with Gasteiger partial charge in [0.25, 0.3) is 0 Å². The highest BCUT2D eigenvalue weighted by Crippen LogP contribution is 2.15. The van der Waals surface area contributed by atoms with E-state index < -0.39 is 0 Å². The topological polar surface area (TPSA) is 70.4 Å². The van der Waals surface area contributed by atoms with E-state index in [1.165, 1.54) is 32.5 Å². The minimum atomic E-state index is 0.559. The van der Waals surface area contributed by atoms with Gasteiger partial charge in [0, 0.05) is 32.6 Å². The zero-order valence-electron chi connectivity index (χ0n) is 17.7. The predicted molar refractivity (Wildman–Crippen MR) is 112 cm³/mol. The van der Waals surface area contributed by atoms with Crippen LogP contribution in [0.3, 0.4) is 0 Å². The van der Waals surface area contributed by atoms with Crippen LogP contribution in [0.5, 0.6) is 0 Å². The third-order valence-electron chi connectivity index (χ3n) is 5.09. The van der Waals surface area contributed by atoms with Crippen molar-refractivity contribution in [2.75, 3.05) is 39.3 Å². The number of aliphatic imine (C=N–C) groups is 1. The first kappa shape index (κ1) is 21.7. The van der Waals surface area contributed by atoms with Crippen LogP contribution in [-0.2, 0) is 13.0 Å². The molecule has 0 aromatic carbocycles. The number of likely N-dealkylation sites (tertiary alicyclic amines) is 1. The Hall–Kier alpha value is -1.63. The summed E-state index contributed by atoms with van der Waals surface area (Å²) < 4.78 is 2.10. The maximum Gasteiger partial charge on any atom is 0.191 e. The molecule has 7 nitrogen and oxygen atoms in total. The second kappa shape index (κ2) is 12.0. The van der Waals surface area contributed by atoms with Crippen LogP contribution in [0.4, 0.5) is 0 Å². The summed E-state index contributed by atoms with van der Waals surface area (Å²) in [6.07, 6.45) is 6.56. The number of nitrogens with one attached hydrogen (secondary N) is 2. The number of aryl methyl sites for hydroxylation is 1. The molecule has 7 heteroatoms. The molecule has 27 heavy (non-hydrogen) atoms. The highest BCUT2D eigenvalue weighted by Gasteiger charge is 2.14. The number of aromatic nitrogens is 3. The summed E-state index contributed by atoms with van der Waals surface area (Å²) in [5.74, 6) is 3.41. The Morgan fingerprint density at radius 1 is 1.22 bits per heavy atom. The minimum Gasteiger partial charge on any atom is -0.356 e. The standard InChI is InChI=1S/C20H39N7/c1-5-19-25-24-16-27(19)14-10-22-20(23-15-17(2)3)21-9-6-11-26-12-7-18(4)8-13-26/h16-18H,5-15H2,1-4H3,(H2,21,22,23). The van der Waals surface area contributed by atoms with E-state index >= 15 is 0 Å². The Morgan fingerprint density at radius 3 is 2.67 bits per heavy atom. The van der Waals surface area contributed by atoms with Crippen LogP contribution in [0.15, 0.2) is 11.3 Å². The lowest BCUT2D eigenvalue weighted by Crippen LogP contribution is -2.41. The first-order chi connectivity index (χ1) is 13.1. The lowest BCUT2D eigenvalue weighted by molar-refractivity contribution is 0.191. The third-order valence-corrected chi connectivity index (χ3v) is 5.09. The summed E-state index contributed by atoms with van der Waals surface area (Å²) in [6, 6.07) is 0. The fourth-order valence-electron chi connectivity index (χ4n) is 3.28. The molecule has 2 N–H and O–H groups in total. The Kier molecular flexibility index (Phi) is 9.59. The highest BCUT2D eigenvalue weighted by atomic mass is 15.3. The molecule has 0 unspecified atom stereocenters. The maximum absolute atomic E-state index is 4.72. The van der Waals surface area contributed by atoms with Crippen molar-refractivity contribution in [3.05, 3.63) is 12.2 Å². The average molecular weight is 378 g/mol. The van der Waals surface area contributed by atoms with Crippen molar-refractivity contribution in [1.29, 1.82) is 0 Å². The second-order valence-corrected chi connectivity index (χ2v) is 8.11. The molecule has 1 aliphatic rings. The average Bonchev–Trinajstić information content (AvgIpc) is 3.11. The van der Waals surface area contributed by atoms with E-state index in [0.717, 1.165) is 56.7 Å². The fourth-order valence-corrected chi connectivity index (χ4v) is 3.28. The molecule has 2 heterocycles. The van der Waals surface area contributed by atoms with Crippen LogP contribution in [0.1, 0.15) is 52.8 Å². The Bertz CT molecular complexity index is 544. The number of hydrogen-bond acceptors (Lipinski definition) is 4. The van der Waals surface area contributed by atoms with Crippen molar-refractivity contribution in [3.63, 3.8) is 0 Å². The molecule has 154 valence electrons. The fraction of sp³-hybridized carbons (Fsp3) is 0.850. The van der Waals surface area contributed by atoms with Gasteiger partial charge in [0.2, 0.25) is 0 Å². The Balaban J connectivity index is 1.70. The molecular formula is C20H39N7. The van der Waals surface area contributed by atoms with Gasteiger partial charge in [0.1, 0.15) is 12.2 Å². The zero-order valence-corrected chi connectivity index (χ0v) is 17.7. The second-order valence-electron chi connectivity index (χ2n) is 8.11. The molecule has 1 aromatic rings. The van der Waals surface area contributed by atoms with Gasteiger partial charge < -0.3 is 20.1 Å². The molecule has 1 saturated heterocycles. The van der Waals surface area contributed by atoms with Crippen molar-refractivity contribution in [2.24, 2.45) is 16.8 Å². The molecule has 0 saturated carbocycles. The van der Waals surface area contributed by atoms with Gasteiger partial charge in [-0.05, 0) is 50.7 Å². The molecule has 2 rings (SSSR count). The van der Waals surface area contributed by atoms with Gasteiger partial charge in [-0.25, -0.2) is 0 Å². The van der Waals surface area contributed by atoms with Gasteiger partial charge >= 0.3 is 0 Å². The normalized spacial score (nSPS) is 16.9. The van der Waals surface area contributed by atoms with Gasteiger partial charge in [0.15, 0.2) is 5.96 Å². The van der Waals surface area contributed by atoms with Crippen molar-refractivity contribution in [2.45, 2.75) is 59.9 Å². The number of piperidine rings is 1. The Labute approximate surface area is 165 Å². The number of nitrogens with zero attached hydrogens (tertiary/aromatic N) is 5.